The molecule has 3 unspecified atom stereocenters. The highest BCUT2D eigenvalue weighted by Crippen LogP contribution is 2.38. The second-order valence-corrected chi connectivity index (χ2v) is 6.93. The molecule has 2 aromatic rings. The largest absolute Gasteiger partial charge is 0.323 e. The van der Waals surface area contributed by atoms with Gasteiger partial charge in [-0.3, -0.25) is 0 Å². The molecule has 1 aromatic heterocycles. The van der Waals surface area contributed by atoms with Crippen molar-refractivity contribution in [3.05, 3.63) is 29.6 Å². The Kier molecular flexibility index (Phi) is 3.76. The van der Waals surface area contributed by atoms with E-state index < -0.39 is 0 Å². The lowest BCUT2D eigenvalue weighted by atomic mass is 9.85. The Morgan fingerprint density at radius 1 is 1.30 bits per heavy atom. The molecule has 1 aliphatic rings. The Balaban J connectivity index is 2.19. The van der Waals surface area contributed by atoms with Crippen molar-refractivity contribution in [2.24, 2.45) is 5.92 Å². The van der Waals surface area contributed by atoms with Gasteiger partial charge in [0.15, 0.2) is 0 Å². The number of aromatic nitrogens is 2. The summed E-state index contributed by atoms with van der Waals surface area (Å²) in [4.78, 5) is 4.79. The summed E-state index contributed by atoms with van der Waals surface area (Å²) in [5.74, 6) is 1.74. The molecule has 0 saturated heterocycles. The third-order valence-electron chi connectivity index (χ3n) is 4.63. The van der Waals surface area contributed by atoms with Crippen LogP contribution in [0.4, 0.5) is 0 Å². The summed E-state index contributed by atoms with van der Waals surface area (Å²) in [6, 6.07) is 7.06. The van der Waals surface area contributed by atoms with Crippen molar-refractivity contribution < 1.29 is 0 Å². The molecule has 3 heteroatoms. The van der Waals surface area contributed by atoms with E-state index in [4.69, 9.17) is 16.6 Å². The summed E-state index contributed by atoms with van der Waals surface area (Å²) in [6.07, 6.45) is 5.23. The molecule has 2 nitrogen and oxygen atoms in total. The third-order valence-corrected chi connectivity index (χ3v) is 4.82. The number of rotatable bonds is 2. The zero-order chi connectivity index (χ0) is 14.3. The predicted molar refractivity (Wildman–Crippen MR) is 85.4 cm³/mol. The molecule has 1 saturated carbocycles. The molecule has 0 amide bonds. The standard InChI is InChI=1S/C17H23ClN2/c1-11-8-9-14-16(10-11)20(17(19-14)13(3)18)15-7-5-4-6-12(15)2/h8-10,12-13,15H,4-7H2,1-3H3. The van der Waals surface area contributed by atoms with Crippen molar-refractivity contribution in [1.29, 1.82) is 0 Å². The molecule has 0 spiro atoms. The average molecular weight is 291 g/mol. The molecule has 0 bridgehead atoms. The number of hydrogen-bond donors (Lipinski definition) is 0. The Morgan fingerprint density at radius 2 is 2.05 bits per heavy atom. The van der Waals surface area contributed by atoms with E-state index in [1.807, 2.05) is 6.92 Å². The molecular weight excluding hydrogens is 268 g/mol. The zero-order valence-electron chi connectivity index (χ0n) is 12.6. The van der Waals surface area contributed by atoms with E-state index in [1.165, 1.54) is 36.8 Å². The normalized spacial score (nSPS) is 25.0. The van der Waals surface area contributed by atoms with Gasteiger partial charge in [-0.1, -0.05) is 25.8 Å². The number of fused-ring (bicyclic) bond motifs is 1. The van der Waals surface area contributed by atoms with Gasteiger partial charge in [-0.2, -0.15) is 0 Å². The van der Waals surface area contributed by atoms with Gasteiger partial charge < -0.3 is 4.57 Å². The van der Waals surface area contributed by atoms with E-state index in [2.05, 4.69) is 36.6 Å². The van der Waals surface area contributed by atoms with Crippen LogP contribution in [0.3, 0.4) is 0 Å². The predicted octanol–water partition coefficient (Wildman–Crippen LogP) is 5.40. The first-order valence-corrected chi connectivity index (χ1v) is 8.14. The van der Waals surface area contributed by atoms with Crippen LogP contribution >= 0.6 is 11.6 Å². The summed E-state index contributed by atoms with van der Waals surface area (Å²) in [5.41, 5.74) is 3.62. The second-order valence-electron chi connectivity index (χ2n) is 6.28. The van der Waals surface area contributed by atoms with Crippen molar-refractivity contribution in [3.8, 4) is 0 Å². The first kappa shape index (κ1) is 13.9. The van der Waals surface area contributed by atoms with Gasteiger partial charge in [-0.25, -0.2) is 4.98 Å². The van der Waals surface area contributed by atoms with Gasteiger partial charge >= 0.3 is 0 Å². The van der Waals surface area contributed by atoms with Crippen LogP contribution in [0.5, 0.6) is 0 Å². The fourth-order valence-corrected chi connectivity index (χ4v) is 3.69. The van der Waals surface area contributed by atoms with Crippen LogP contribution < -0.4 is 0 Å². The van der Waals surface area contributed by atoms with Gasteiger partial charge in [-0.15, -0.1) is 11.6 Å². The van der Waals surface area contributed by atoms with E-state index >= 15 is 0 Å². The van der Waals surface area contributed by atoms with E-state index in [-0.39, 0.29) is 5.38 Å². The maximum absolute atomic E-state index is 6.40. The fourth-order valence-electron chi connectivity index (χ4n) is 3.53. The monoisotopic (exact) mass is 290 g/mol. The van der Waals surface area contributed by atoms with Crippen LogP contribution in [0, 0.1) is 12.8 Å². The SMILES string of the molecule is Cc1ccc2nc(C(C)Cl)n(C3CCCCC3C)c2c1. The summed E-state index contributed by atoms with van der Waals surface area (Å²) in [6.45, 7) is 6.54. The average Bonchev–Trinajstić information content (AvgIpc) is 2.78. The first-order chi connectivity index (χ1) is 9.58. The van der Waals surface area contributed by atoms with E-state index in [0.717, 1.165) is 11.3 Å². The van der Waals surface area contributed by atoms with Gasteiger partial charge in [-0.05, 0) is 50.3 Å². The molecule has 3 atom stereocenters. The van der Waals surface area contributed by atoms with Crippen LogP contribution in [0.25, 0.3) is 11.0 Å². The van der Waals surface area contributed by atoms with Crippen molar-refractivity contribution in [2.75, 3.05) is 0 Å². The molecule has 1 fully saturated rings. The molecule has 0 radical (unpaired) electrons. The number of benzene rings is 1. The number of aryl methyl sites for hydroxylation is 1. The molecule has 0 N–H and O–H groups in total. The van der Waals surface area contributed by atoms with Crippen molar-refractivity contribution >= 4 is 22.6 Å². The number of halogens is 1. The lowest BCUT2D eigenvalue weighted by molar-refractivity contribution is 0.257. The topological polar surface area (TPSA) is 17.8 Å². The molecule has 108 valence electrons. The van der Waals surface area contributed by atoms with Crippen molar-refractivity contribution in [2.45, 2.75) is 57.9 Å². The highest BCUT2D eigenvalue weighted by molar-refractivity contribution is 6.20. The van der Waals surface area contributed by atoms with Crippen LogP contribution in [0.15, 0.2) is 18.2 Å². The number of hydrogen-bond acceptors (Lipinski definition) is 1. The van der Waals surface area contributed by atoms with Gasteiger partial charge in [0.1, 0.15) is 5.82 Å². The lowest BCUT2D eigenvalue weighted by Gasteiger charge is -2.32. The van der Waals surface area contributed by atoms with Gasteiger partial charge in [0.05, 0.1) is 16.4 Å². The minimum atomic E-state index is -0.0446. The maximum atomic E-state index is 6.40. The summed E-state index contributed by atoms with van der Waals surface area (Å²) >= 11 is 6.40. The van der Waals surface area contributed by atoms with Crippen LogP contribution in [0.1, 0.15) is 62.3 Å². The van der Waals surface area contributed by atoms with E-state index in [0.29, 0.717) is 12.0 Å². The second kappa shape index (κ2) is 5.40. The summed E-state index contributed by atoms with van der Waals surface area (Å²) in [5, 5.41) is -0.0446. The smallest absolute Gasteiger partial charge is 0.127 e. The minimum Gasteiger partial charge on any atom is -0.323 e. The fraction of sp³-hybridized carbons (Fsp3) is 0.588. The summed E-state index contributed by atoms with van der Waals surface area (Å²) in [7, 11) is 0. The molecule has 1 aliphatic carbocycles. The molecule has 0 aliphatic heterocycles. The first-order valence-electron chi connectivity index (χ1n) is 7.70. The minimum absolute atomic E-state index is 0.0446. The maximum Gasteiger partial charge on any atom is 0.127 e. The van der Waals surface area contributed by atoms with Gasteiger partial charge in [0, 0.05) is 6.04 Å². The molecule has 3 rings (SSSR count). The zero-order valence-corrected chi connectivity index (χ0v) is 13.3. The van der Waals surface area contributed by atoms with Gasteiger partial charge in [0.25, 0.3) is 0 Å². The van der Waals surface area contributed by atoms with E-state index in [1.54, 1.807) is 0 Å². The highest BCUT2D eigenvalue weighted by atomic mass is 35.5. The highest BCUT2D eigenvalue weighted by Gasteiger charge is 2.28. The van der Waals surface area contributed by atoms with E-state index in [9.17, 15) is 0 Å². The number of nitrogens with zero attached hydrogens (tertiary/aromatic N) is 2. The lowest BCUT2D eigenvalue weighted by Crippen LogP contribution is -2.23. The van der Waals surface area contributed by atoms with Crippen LogP contribution in [-0.4, -0.2) is 9.55 Å². The number of alkyl halides is 1. The Bertz CT molecular complexity index is 615. The number of imidazole rings is 1. The molecule has 1 heterocycles. The third kappa shape index (κ3) is 2.35. The molecule has 20 heavy (non-hydrogen) atoms. The Morgan fingerprint density at radius 3 is 2.75 bits per heavy atom. The summed E-state index contributed by atoms with van der Waals surface area (Å²) < 4.78 is 2.43. The van der Waals surface area contributed by atoms with Crippen LogP contribution in [0.2, 0.25) is 0 Å². The van der Waals surface area contributed by atoms with Crippen molar-refractivity contribution in [3.63, 3.8) is 0 Å². The van der Waals surface area contributed by atoms with Crippen LogP contribution in [-0.2, 0) is 0 Å². The Hall–Kier alpha value is -1.02. The molecular formula is C17H23ClN2. The Labute approximate surface area is 126 Å². The van der Waals surface area contributed by atoms with Crippen molar-refractivity contribution in [1.82, 2.24) is 9.55 Å². The van der Waals surface area contributed by atoms with Gasteiger partial charge in [0.2, 0.25) is 0 Å². The molecule has 1 aromatic carbocycles. The quantitative estimate of drug-likeness (QED) is 0.678.